The zero-order chi connectivity index (χ0) is 23.3. The molecule has 172 valence electrons. The van der Waals surface area contributed by atoms with Crippen molar-refractivity contribution in [3.8, 4) is 5.75 Å². The topological polar surface area (TPSA) is 75.7 Å². The second kappa shape index (κ2) is 10.1. The Morgan fingerprint density at radius 1 is 1.00 bits per heavy atom. The van der Waals surface area contributed by atoms with E-state index in [1.54, 1.807) is 24.3 Å². The van der Waals surface area contributed by atoms with Gasteiger partial charge >= 0.3 is 0 Å². The molecule has 0 aliphatic heterocycles. The van der Waals surface area contributed by atoms with Gasteiger partial charge in [0.2, 0.25) is 15.9 Å². The van der Waals surface area contributed by atoms with Gasteiger partial charge in [0, 0.05) is 0 Å². The molecule has 0 radical (unpaired) electrons. The number of hydrogen-bond donors (Lipinski definition) is 1. The van der Waals surface area contributed by atoms with E-state index in [2.05, 4.69) is 11.4 Å². The number of anilines is 1. The Labute approximate surface area is 195 Å². The Morgan fingerprint density at radius 3 is 2.42 bits per heavy atom. The number of sulfonamides is 1. The normalized spacial score (nSPS) is 15.4. The Balaban J connectivity index is 1.43. The molecule has 1 aliphatic carbocycles. The second-order valence-corrected chi connectivity index (χ2v) is 10.2. The van der Waals surface area contributed by atoms with Crippen molar-refractivity contribution < 1.29 is 17.9 Å². The molecular formula is C26H28N2O4S. The molecule has 1 aliphatic rings. The van der Waals surface area contributed by atoms with Crippen LogP contribution in [0.2, 0.25) is 0 Å². The lowest BCUT2D eigenvalue weighted by Crippen LogP contribution is -2.42. The SMILES string of the molecule is CS(=O)(=O)N(CC(=O)N[C@@H]1CCCc2ccccc21)c1ccc(OCc2ccccc2)cc1. The molecule has 0 spiro atoms. The van der Waals surface area contributed by atoms with Crippen molar-refractivity contribution in [2.75, 3.05) is 17.1 Å². The van der Waals surface area contributed by atoms with Gasteiger partial charge in [0.25, 0.3) is 0 Å². The van der Waals surface area contributed by atoms with E-state index in [4.69, 9.17) is 4.74 Å². The van der Waals surface area contributed by atoms with Gasteiger partial charge in [0.05, 0.1) is 18.0 Å². The van der Waals surface area contributed by atoms with Gasteiger partial charge in [-0.1, -0.05) is 54.6 Å². The van der Waals surface area contributed by atoms with Crippen molar-refractivity contribution in [3.63, 3.8) is 0 Å². The molecule has 3 aromatic rings. The molecule has 33 heavy (non-hydrogen) atoms. The van der Waals surface area contributed by atoms with Crippen molar-refractivity contribution in [2.24, 2.45) is 0 Å². The van der Waals surface area contributed by atoms with Gasteiger partial charge in [-0.05, 0) is 60.2 Å². The summed E-state index contributed by atoms with van der Waals surface area (Å²) in [4.78, 5) is 12.8. The van der Waals surface area contributed by atoms with E-state index in [0.29, 0.717) is 18.0 Å². The van der Waals surface area contributed by atoms with Crippen LogP contribution in [0.15, 0.2) is 78.9 Å². The highest BCUT2D eigenvalue weighted by Gasteiger charge is 2.25. The van der Waals surface area contributed by atoms with Crippen molar-refractivity contribution in [1.82, 2.24) is 5.32 Å². The minimum absolute atomic E-state index is 0.0994. The fourth-order valence-corrected chi connectivity index (χ4v) is 4.98. The summed E-state index contributed by atoms with van der Waals surface area (Å²) in [7, 11) is -3.65. The van der Waals surface area contributed by atoms with Crippen molar-refractivity contribution >= 4 is 21.6 Å². The van der Waals surface area contributed by atoms with Gasteiger partial charge in [-0.3, -0.25) is 9.10 Å². The molecule has 1 amide bonds. The summed E-state index contributed by atoms with van der Waals surface area (Å²) >= 11 is 0. The number of aryl methyl sites for hydroxylation is 1. The number of fused-ring (bicyclic) bond motifs is 1. The highest BCUT2D eigenvalue weighted by atomic mass is 32.2. The lowest BCUT2D eigenvalue weighted by molar-refractivity contribution is -0.120. The zero-order valence-corrected chi connectivity index (χ0v) is 19.4. The molecule has 0 saturated carbocycles. The van der Waals surface area contributed by atoms with E-state index >= 15 is 0 Å². The van der Waals surface area contributed by atoms with Crippen LogP contribution in [0, 0.1) is 0 Å². The van der Waals surface area contributed by atoms with Crippen LogP contribution in [0.25, 0.3) is 0 Å². The highest BCUT2D eigenvalue weighted by Crippen LogP contribution is 2.29. The maximum atomic E-state index is 12.8. The quantitative estimate of drug-likeness (QED) is 0.541. The van der Waals surface area contributed by atoms with Crippen LogP contribution in [0.4, 0.5) is 5.69 Å². The average Bonchev–Trinajstić information content (AvgIpc) is 2.82. The first-order valence-corrected chi connectivity index (χ1v) is 12.9. The number of benzene rings is 3. The Morgan fingerprint density at radius 2 is 1.70 bits per heavy atom. The lowest BCUT2D eigenvalue weighted by atomic mass is 9.88. The van der Waals surface area contributed by atoms with Crippen molar-refractivity contribution in [3.05, 3.63) is 95.6 Å². The van der Waals surface area contributed by atoms with E-state index < -0.39 is 10.0 Å². The standard InChI is InChI=1S/C26H28N2O4S/c1-33(30,31)28(18-26(29)27-25-13-7-11-21-10-5-6-12-24(21)25)22-14-16-23(17-15-22)32-19-20-8-3-2-4-9-20/h2-6,8-10,12,14-17,25H,7,11,13,18-19H2,1H3,(H,27,29)/t25-/m1/s1. The first-order chi connectivity index (χ1) is 15.9. The molecule has 0 fully saturated rings. The van der Waals surface area contributed by atoms with Crippen LogP contribution >= 0.6 is 0 Å². The molecular weight excluding hydrogens is 436 g/mol. The number of rotatable bonds is 8. The Bertz CT molecular complexity index is 1190. The average molecular weight is 465 g/mol. The number of carbonyl (C=O) groups is 1. The van der Waals surface area contributed by atoms with Gasteiger partial charge in [-0.2, -0.15) is 0 Å². The molecule has 1 N–H and O–H groups in total. The summed E-state index contributed by atoms with van der Waals surface area (Å²) in [6, 6.07) is 24.5. The minimum Gasteiger partial charge on any atom is -0.489 e. The molecule has 0 bridgehead atoms. The van der Waals surface area contributed by atoms with Gasteiger partial charge in [-0.25, -0.2) is 8.42 Å². The summed E-state index contributed by atoms with van der Waals surface area (Å²) in [6.45, 7) is 0.142. The van der Waals surface area contributed by atoms with E-state index in [-0.39, 0.29) is 18.5 Å². The van der Waals surface area contributed by atoms with Crippen LogP contribution in [-0.4, -0.2) is 27.1 Å². The molecule has 7 heteroatoms. The van der Waals surface area contributed by atoms with Crippen LogP contribution in [0.1, 0.15) is 35.6 Å². The first kappa shape index (κ1) is 22.9. The van der Waals surface area contributed by atoms with Crippen LogP contribution in [-0.2, 0) is 27.8 Å². The third-order valence-corrected chi connectivity index (χ3v) is 6.91. The predicted octanol–water partition coefficient (Wildman–Crippen LogP) is 4.23. The molecule has 4 rings (SSSR count). The lowest BCUT2D eigenvalue weighted by Gasteiger charge is -2.28. The number of ether oxygens (including phenoxy) is 1. The third kappa shape index (κ3) is 5.93. The fraction of sp³-hybridized carbons (Fsp3) is 0.269. The highest BCUT2D eigenvalue weighted by molar-refractivity contribution is 7.92. The second-order valence-electron chi connectivity index (χ2n) is 8.25. The van der Waals surface area contributed by atoms with Gasteiger partial charge in [0.1, 0.15) is 18.9 Å². The van der Waals surface area contributed by atoms with E-state index in [1.165, 1.54) is 5.56 Å². The Hall–Kier alpha value is -3.32. The molecule has 1 atom stereocenters. The molecule has 0 unspecified atom stereocenters. The summed E-state index contributed by atoms with van der Waals surface area (Å²) in [5, 5.41) is 3.03. The van der Waals surface area contributed by atoms with Gasteiger partial charge in [-0.15, -0.1) is 0 Å². The third-order valence-electron chi connectivity index (χ3n) is 5.77. The largest absolute Gasteiger partial charge is 0.489 e. The monoisotopic (exact) mass is 464 g/mol. The number of nitrogens with zero attached hydrogens (tertiary/aromatic N) is 1. The van der Waals surface area contributed by atoms with E-state index in [0.717, 1.165) is 41.0 Å². The fourth-order valence-electron chi connectivity index (χ4n) is 4.12. The van der Waals surface area contributed by atoms with Gasteiger partial charge < -0.3 is 10.1 Å². The number of nitrogens with one attached hydrogen (secondary N) is 1. The summed E-state index contributed by atoms with van der Waals surface area (Å²) in [5.74, 6) is 0.297. The maximum Gasteiger partial charge on any atom is 0.241 e. The minimum atomic E-state index is -3.65. The number of amides is 1. The molecule has 0 saturated heterocycles. The van der Waals surface area contributed by atoms with E-state index in [1.807, 2.05) is 48.5 Å². The first-order valence-electron chi connectivity index (χ1n) is 11.0. The van der Waals surface area contributed by atoms with Crippen LogP contribution in [0.5, 0.6) is 5.75 Å². The number of hydrogen-bond acceptors (Lipinski definition) is 4. The summed E-state index contributed by atoms with van der Waals surface area (Å²) < 4.78 is 31.8. The van der Waals surface area contributed by atoms with Crippen LogP contribution < -0.4 is 14.4 Å². The summed E-state index contributed by atoms with van der Waals surface area (Å²) in [6.07, 6.45) is 3.93. The molecule has 0 aromatic heterocycles. The number of carbonyl (C=O) groups excluding carboxylic acids is 1. The van der Waals surface area contributed by atoms with Crippen molar-refractivity contribution in [2.45, 2.75) is 31.9 Å². The summed E-state index contributed by atoms with van der Waals surface area (Å²) in [5.41, 5.74) is 3.81. The van der Waals surface area contributed by atoms with Crippen LogP contribution in [0.3, 0.4) is 0 Å². The molecule has 6 nitrogen and oxygen atoms in total. The molecule has 0 heterocycles. The zero-order valence-electron chi connectivity index (χ0n) is 18.6. The Kier molecular flexibility index (Phi) is 6.99. The smallest absolute Gasteiger partial charge is 0.241 e. The predicted molar refractivity (Wildman–Crippen MR) is 130 cm³/mol. The van der Waals surface area contributed by atoms with Gasteiger partial charge in [0.15, 0.2) is 0 Å². The van der Waals surface area contributed by atoms with Crippen molar-refractivity contribution in [1.29, 1.82) is 0 Å². The van der Waals surface area contributed by atoms with E-state index in [9.17, 15) is 13.2 Å². The maximum absolute atomic E-state index is 12.8. The molecule has 3 aromatic carbocycles.